The summed E-state index contributed by atoms with van der Waals surface area (Å²) in [6, 6.07) is 17.9. The van der Waals surface area contributed by atoms with Crippen LogP contribution in [0.5, 0.6) is 0 Å². The zero-order chi connectivity index (χ0) is 25.2. The fourth-order valence-corrected chi connectivity index (χ4v) is 6.02. The van der Waals surface area contributed by atoms with Gasteiger partial charge in [-0.2, -0.15) is 0 Å². The highest BCUT2D eigenvalue weighted by molar-refractivity contribution is 6.30. The number of halogens is 1. The van der Waals surface area contributed by atoms with Crippen LogP contribution in [0.3, 0.4) is 0 Å². The van der Waals surface area contributed by atoms with Crippen molar-refractivity contribution in [3.8, 4) is 0 Å². The maximum atomic E-state index is 13.8. The van der Waals surface area contributed by atoms with Crippen LogP contribution in [0.2, 0.25) is 5.02 Å². The van der Waals surface area contributed by atoms with Crippen LogP contribution in [0, 0.1) is 5.92 Å². The maximum absolute atomic E-state index is 13.8. The molecule has 3 aliphatic rings. The van der Waals surface area contributed by atoms with E-state index in [9.17, 15) is 4.79 Å². The number of carbonyl (C=O) groups is 1. The highest BCUT2D eigenvalue weighted by Gasteiger charge is 2.41. The summed E-state index contributed by atoms with van der Waals surface area (Å²) in [4.78, 5) is 23.3. The summed E-state index contributed by atoms with van der Waals surface area (Å²) in [6.45, 7) is 12.6. The molecule has 1 amide bonds. The van der Waals surface area contributed by atoms with Crippen molar-refractivity contribution in [3.05, 3.63) is 64.7 Å². The zero-order valence-corrected chi connectivity index (χ0v) is 22.6. The molecular weight excluding hydrogens is 470 g/mol. The van der Waals surface area contributed by atoms with E-state index in [1.165, 1.54) is 16.8 Å². The van der Waals surface area contributed by atoms with Crippen LogP contribution in [-0.2, 0) is 11.3 Å². The monoisotopic (exact) mass is 509 g/mol. The predicted molar refractivity (Wildman–Crippen MR) is 148 cm³/mol. The first-order chi connectivity index (χ1) is 17.4. The van der Waals surface area contributed by atoms with Gasteiger partial charge in [-0.05, 0) is 50.2 Å². The summed E-state index contributed by atoms with van der Waals surface area (Å²) >= 11 is 6.15. The molecule has 0 spiro atoms. The first kappa shape index (κ1) is 25.5. The number of amides is 1. The lowest BCUT2D eigenvalue weighted by molar-refractivity contribution is -0.135. The van der Waals surface area contributed by atoms with Gasteiger partial charge in [0.1, 0.15) is 0 Å². The molecule has 0 radical (unpaired) electrons. The summed E-state index contributed by atoms with van der Waals surface area (Å²) in [5.41, 5.74) is 3.91. The van der Waals surface area contributed by atoms with Crippen molar-refractivity contribution in [2.24, 2.45) is 5.92 Å². The van der Waals surface area contributed by atoms with Gasteiger partial charge >= 0.3 is 0 Å². The van der Waals surface area contributed by atoms with Gasteiger partial charge in [0, 0.05) is 87.6 Å². The molecule has 7 heteroatoms. The molecule has 3 aliphatic heterocycles. The second kappa shape index (κ2) is 11.1. The molecule has 0 unspecified atom stereocenters. The normalized spacial score (nSPS) is 23.5. The quantitative estimate of drug-likeness (QED) is 0.618. The maximum Gasteiger partial charge on any atom is 0.227 e. The van der Waals surface area contributed by atoms with Crippen molar-refractivity contribution in [2.75, 3.05) is 64.3 Å². The van der Waals surface area contributed by atoms with E-state index in [0.717, 1.165) is 63.9 Å². The Balaban J connectivity index is 1.25. The SMILES string of the molecule is CC(C)N1C[C@@H](C(=O)N2CCN(c3ccccc3CN(C)C3CNC3)CC2)[C@H](c2ccc(Cl)cc2)C1. The highest BCUT2D eigenvalue weighted by atomic mass is 35.5. The van der Waals surface area contributed by atoms with Crippen molar-refractivity contribution >= 4 is 23.2 Å². The number of para-hydroxylation sites is 1. The number of anilines is 1. The minimum absolute atomic E-state index is 0.00264. The van der Waals surface area contributed by atoms with Crippen LogP contribution in [0.15, 0.2) is 48.5 Å². The van der Waals surface area contributed by atoms with Gasteiger partial charge in [-0.3, -0.25) is 14.6 Å². The number of likely N-dealkylation sites (N-methyl/N-ethyl adjacent to an activating group) is 1. The van der Waals surface area contributed by atoms with Crippen molar-refractivity contribution in [1.82, 2.24) is 20.0 Å². The van der Waals surface area contributed by atoms with Gasteiger partial charge in [-0.1, -0.05) is 41.9 Å². The Bertz CT molecular complexity index is 1030. The van der Waals surface area contributed by atoms with Crippen LogP contribution in [0.1, 0.15) is 30.9 Å². The number of nitrogens with zero attached hydrogens (tertiary/aromatic N) is 4. The van der Waals surface area contributed by atoms with E-state index >= 15 is 0 Å². The van der Waals surface area contributed by atoms with Crippen LogP contribution in [0.25, 0.3) is 0 Å². The second-order valence-electron chi connectivity index (χ2n) is 11.0. The van der Waals surface area contributed by atoms with E-state index in [1.54, 1.807) is 0 Å². The first-order valence-electron chi connectivity index (χ1n) is 13.4. The molecule has 3 saturated heterocycles. The predicted octanol–water partition coefficient (Wildman–Crippen LogP) is 3.52. The number of nitrogens with one attached hydrogen (secondary N) is 1. The molecular formula is C29H40ClN5O. The molecule has 1 N–H and O–H groups in total. The van der Waals surface area contributed by atoms with Gasteiger partial charge in [-0.15, -0.1) is 0 Å². The van der Waals surface area contributed by atoms with Gasteiger partial charge in [-0.25, -0.2) is 0 Å². The molecule has 194 valence electrons. The second-order valence-corrected chi connectivity index (χ2v) is 11.4. The number of benzene rings is 2. The third kappa shape index (κ3) is 5.42. The molecule has 2 aromatic carbocycles. The Morgan fingerprint density at radius 2 is 1.72 bits per heavy atom. The molecule has 2 aromatic rings. The average Bonchev–Trinajstić information content (AvgIpc) is 3.29. The standard InChI is InChI=1S/C29H40ClN5O/c1-21(2)35-19-26(22-8-10-24(30)11-9-22)27(20-35)29(36)34-14-12-33(13-15-34)28-7-5-4-6-23(28)18-32(3)25-16-31-17-25/h4-11,21,25-27,31H,12-20H2,1-3H3/t26-,27+/m0/s1. The molecule has 0 bridgehead atoms. The van der Waals surface area contributed by atoms with Crippen molar-refractivity contribution in [3.63, 3.8) is 0 Å². The number of likely N-dealkylation sites (tertiary alicyclic amines) is 1. The average molecular weight is 510 g/mol. The van der Waals surface area contributed by atoms with Crippen molar-refractivity contribution in [1.29, 1.82) is 0 Å². The third-order valence-corrected chi connectivity index (χ3v) is 8.67. The Hall–Kier alpha value is -2.12. The van der Waals surface area contributed by atoms with Crippen LogP contribution in [-0.4, -0.2) is 92.1 Å². The molecule has 6 nitrogen and oxygen atoms in total. The van der Waals surface area contributed by atoms with E-state index in [1.807, 2.05) is 12.1 Å². The number of rotatable bonds is 7. The number of hydrogen-bond donors (Lipinski definition) is 1. The Morgan fingerprint density at radius 1 is 1.03 bits per heavy atom. The van der Waals surface area contributed by atoms with Crippen LogP contribution >= 0.6 is 11.6 Å². The Morgan fingerprint density at radius 3 is 2.36 bits per heavy atom. The fourth-order valence-electron chi connectivity index (χ4n) is 5.89. The Labute approximate surface area is 221 Å². The summed E-state index contributed by atoms with van der Waals surface area (Å²) in [5, 5.41) is 4.11. The van der Waals surface area contributed by atoms with Crippen LogP contribution in [0.4, 0.5) is 5.69 Å². The fraction of sp³-hybridized carbons (Fsp3) is 0.552. The minimum atomic E-state index is -0.00264. The summed E-state index contributed by atoms with van der Waals surface area (Å²) in [7, 11) is 2.22. The lowest BCUT2D eigenvalue weighted by Gasteiger charge is -2.40. The summed E-state index contributed by atoms with van der Waals surface area (Å²) < 4.78 is 0. The van der Waals surface area contributed by atoms with Gasteiger partial charge in [0.05, 0.1) is 5.92 Å². The lowest BCUT2D eigenvalue weighted by atomic mass is 9.88. The van der Waals surface area contributed by atoms with E-state index in [0.29, 0.717) is 18.0 Å². The van der Waals surface area contributed by atoms with E-state index in [4.69, 9.17) is 11.6 Å². The number of piperazine rings is 1. The van der Waals surface area contributed by atoms with E-state index < -0.39 is 0 Å². The summed E-state index contributed by atoms with van der Waals surface area (Å²) in [6.07, 6.45) is 0. The molecule has 0 saturated carbocycles. The molecule has 2 atom stereocenters. The van der Waals surface area contributed by atoms with Crippen molar-refractivity contribution < 1.29 is 4.79 Å². The molecule has 5 rings (SSSR count). The largest absolute Gasteiger partial charge is 0.368 e. The van der Waals surface area contributed by atoms with Gasteiger partial charge < -0.3 is 15.1 Å². The van der Waals surface area contributed by atoms with Gasteiger partial charge in [0.25, 0.3) is 0 Å². The molecule has 0 aliphatic carbocycles. The van der Waals surface area contributed by atoms with Crippen molar-refractivity contribution in [2.45, 2.75) is 38.4 Å². The number of hydrogen-bond acceptors (Lipinski definition) is 5. The molecule has 36 heavy (non-hydrogen) atoms. The van der Waals surface area contributed by atoms with Crippen LogP contribution < -0.4 is 10.2 Å². The molecule has 0 aromatic heterocycles. The third-order valence-electron chi connectivity index (χ3n) is 8.42. The topological polar surface area (TPSA) is 42.1 Å². The Kier molecular flexibility index (Phi) is 7.87. The zero-order valence-electron chi connectivity index (χ0n) is 21.9. The lowest BCUT2D eigenvalue weighted by Crippen LogP contribution is -2.55. The molecule has 3 fully saturated rings. The summed E-state index contributed by atoms with van der Waals surface area (Å²) in [5.74, 6) is 0.521. The van der Waals surface area contributed by atoms with E-state index in [-0.39, 0.29) is 11.8 Å². The minimum Gasteiger partial charge on any atom is -0.368 e. The highest BCUT2D eigenvalue weighted by Crippen LogP contribution is 2.36. The molecule has 3 heterocycles. The number of carbonyl (C=O) groups excluding carboxylic acids is 1. The van der Waals surface area contributed by atoms with Gasteiger partial charge in [0.2, 0.25) is 5.91 Å². The first-order valence-corrected chi connectivity index (χ1v) is 13.8. The van der Waals surface area contributed by atoms with E-state index in [2.05, 4.69) is 82.2 Å². The smallest absolute Gasteiger partial charge is 0.227 e. The van der Waals surface area contributed by atoms with Gasteiger partial charge in [0.15, 0.2) is 0 Å².